The highest BCUT2D eigenvalue weighted by Gasteiger charge is 2.19. The molecule has 0 aromatic carbocycles. The Morgan fingerprint density at radius 2 is 0.439 bits per heavy atom. The van der Waals surface area contributed by atoms with E-state index in [1.807, 2.05) is 0 Å². The molecule has 0 aliphatic rings. The summed E-state index contributed by atoms with van der Waals surface area (Å²) in [7, 11) is 0. The minimum absolute atomic E-state index is 0.0721. The zero-order valence-electron chi connectivity index (χ0n) is 55.3. The Balaban J connectivity index is 4.31. The minimum Gasteiger partial charge on any atom is -0.462 e. The molecule has 0 rings (SSSR count). The Labute approximate surface area is 511 Å². The fraction of sp³-hybridized carbons (Fsp3) is 0.855. The molecule has 0 radical (unpaired) electrons. The Morgan fingerprint density at radius 3 is 0.695 bits per heavy atom. The first kappa shape index (κ1) is 79.4. The molecule has 480 valence electrons. The van der Waals surface area contributed by atoms with E-state index in [9.17, 15) is 14.4 Å². The number of hydrogen-bond donors (Lipinski definition) is 0. The van der Waals surface area contributed by atoms with Crippen LogP contribution in [0.1, 0.15) is 400 Å². The quantitative estimate of drug-likeness (QED) is 0.0261. The lowest BCUT2D eigenvalue weighted by molar-refractivity contribution is -0.167. The highest BCUT2D eigenvalue weighted by Crippen LogP contribution is 2.18. The third-order valence-corrected chi connectivity index (χ3v) is 16.6. The SMILES string of the molecule is CCCCCCC/C=C\C/C=C\C/C=C\CCCCCCCCCCCCC(=O)OCC(COC(=O)CCCCCCCCC/C=C\CCCCCCCC)OC(=O)CCCCCCCCCCCCCCCCCCCCCCCC. The van der Waals surface area contributed by atoms with E-state index >= 15 is 0 Å². The van der Waals surface area contributed by atoms with E-state index in [1.54, 1.807) is 0 Å². The van der Waals surface area contributed by atoms with Gasteiger partial charge in [-0.25, -0.2) is 0 Å². The van der Waals surface area contributed by atoms with Gasteiger partial charge in [0, 0.05) is 19.3 Å². The molecule has 82 heavy (non-hydrogen) atoms. The van der Waals surface area contributed by atoms with Crippen LogP contribution in [0, 0.1) is 0 Å². The van der Waals surface area contributed by atoms with Crippen molar-refractivity contribution < 1.29 is 28.6 Å². The molecular weight excluding hydrogens is 1010 g/mol. The molecule has 1 atom stereocenters. The van der Waals surface area contributed by atoms with Crippen LogP contribution in [0.15, 0.2) is 48.6 Å². The second-order valence-electron chi connectivity index (χ2n) is 24.9. The van der Waals surface area contributed by atoms with E-state index in [0.29, 0.717) is 19.3 Å². The van der Waals surface area contributed by atoms with Gasteiger partial charge in [0.15, 0.2) is 6.10 Å². The molecule has 0 saturated carbocycles. The summed E-state index contributed by atoms with van der Waals surface area (Å²) in [6.45, 7) is 6.70. The average molecular weight is 1150 g/mol. The van der Waals surface area contributed by atoms with Crippen LogP contribution < -0.4 is 0 Å². The Hall–Kier alpha value is -2.63. The number of ether oxygens (including phenoxy) is 3. The molecule has 6 nitrogen and oxygen atoms in total. The summed E-state index contributed by atoms with van der Waals surface area (Å²) in [5.41, 5.74) is 0. The van der Waals surface area contributed by atoms with E-state index in [4.69, 9.17) is 14.2 Å². The number of allylic oxidation sites excluding steroid dienone is 8. The first-order valence-electron chi connectivity index (χ1n) is 36.6. The van der Waals surface area contributed by atoms with Crippen LogP contribution in [0.25, 0.3) is 0 Å². The van der Waals surface area contributed by atoms with Crippen molar-refractivity contribution in [1.82, 2.24) is 0 Å². The number of unbranched alkanes of at least 4 members (excludes halogenated alkanes) is 49. The summed E-state index contributed by atoms with van der Waals surface area (Å²) in [5.74, 6) is -0.850. The largest absolute Gasteiger partial charge is 0.462 e. The standard InChI is InChI=1S/C76H140O6/c1-4-7-10-13-16-19-22-25-28-31-33-35-37-38-39-41-42-45-48-51-54-57-60-63-66-69-75(78)81-72-73(71-80-74(77)68-65-62-59-56-53-50-47-44-30-27-24-21-18-15-12-9-6-3)82-76(79)70-67-64-61-58-55-52-49-46-43-40-36-34-32-29-26-23-20-17-14-11-8-5-2/h22,25,27,30-31,33,37-38,73H,4-21,23-24,26,28-29,32,34-36,39-72H2,1-3H3/b25-22-,30-27-,33-31-,38-37-. The number of rotatable bonds is 68. The van der Waals surface area contributed by atoms with Crippen molar-refractivity contribution in [3.05, 3.63) is 48.6 Å². The molecule has 0 saturated heterocycles. The number of esters is 3. The first-order chi connectivity index (χ1) is 40.5. The molecule has 0 aromatic heterocycles. The lowest BCUT2D eigenvalue weighted by Crippen LogP contribution is -2.30. The average Bonchev–Trinajstić information content (AvgIpc) is 3.47. The molecule has 0 N–H and O–H groups in total. The zero-order chi connectivity index (χ0) is 59.2. The zero-order valence-corrected chi connectivity index (χ0v) is 55.3. The van der Waals surface area contributed by atoms with Crippen molar-refractivity contribution >= 4 is 17.9 Å². The second-order valence-corrected chi connectivity index (χ2v) is 24.9. The smallest absolute Gasteiger partial charge is 0.306 e. The summed E-state index contributed by atoms with van der Waals surface area (Å²) < 4.78 is 17.0. The van der Waals surface area contributed by atoms with Crippen molar-refractivity contribution in [1.29, 1.82) is 0 Å². The van der Waals surface area contributed by atoms with E-state index in [0.717, 1.165) is 70.6 Å². The van der Waals surface area contributed by atoms with Crippen LogP contribution in [0.4, 0.5) is 0 Å². The Bertz CT molecular complexity index is 1410. The van der Waals surface area contributed by atoms with E-state index in [2.05, 4.69) is 69.4 Å². The predicted octanol–water partition coefficient (Wildman–Crippen LogP) is 25.3. The lowest BCUT2D eigenvalue weighted by atomic mass is 10.0. The van der Waals surface area contributed by atoms with E-state index < -0.39 is 6.10 Å². The van der Waals surface area contributed by atoms with Gasteiger partial charge in [-0.3, -0.25) is 14.4 Å². The van der Waals surface area contributed by atoms with Crippen LogP contribution in [0.2, 0.25) is 0 Å². The Kier molecular flexibility index (Phi) is 68.6. The molecule has 0 heterocycles. The molecule has 0 bridgehead atoms. The van der Waals surface area contributed by atoms with E-state index in [-0.39, 0.29) is 31.1 Å². The van der Waals surface area contributed by atoms with Gasteiger partial charge >= 0.3 is 17.9 Å². The fourth-order valence-electron chi connectivity index (χ4n) is 11.0. The van der Waals surface area contributed by atoms with Gasteiger partial charge < -0.3 is 14.2 Å². The highest BCUT2D eigenvalue weighted by molar-refractivity contribution is 5.71. The van der Waals surface area contributed by atoms with Gasteiger partial charge in [-0.05, 0) is 83.5 Å². The summed E-state index contributed by atoms with van der Waals surface area (Å²) in [4.78, 5) is 38.5. The van der Waals surface area contributed by atoms with Gasteiger partial charge in [0.1, 0.15) is 13.2 Å². The number of carbonyl (C=O) groups excluding carboxylic acids is 3. The van der Waals surface area contributed by atoms with Gasteiger partial charge in [0.25, 0.3) is 0 Å². The molecular formula is C76H140O6. The summed E-state index contributed by atoms with van der Waals surface area (Å²) >= 11 is 0. The van der Waals surface area contributed by atoms with Gasteiger partial charge in [-0.15, -0.1) is 0 Å². The molecule has 0 amide bonds. The predicted molar refractivity (Wildman–Crippen MR) is 358 cm³/mol. The normalized spacial score (nSPS) is 12.3. The summed E-state index contributed by atoms with van der Waals surface area (Å²) in [5, 5.41) is 0. The second kappa shape index (κ2) is 70.9. The van der Waals surface area contributed by atoms with Crippen LogP contribution in [-0.2, 0) is 28.6 Å². The van der Waals surface area contributed by atoms with Crippen LogP contribution >= 0.6 is 0 Å². The summed E-state index contributed by atoms with van der Waals surface area (Å²) in [6, 6.07) is 0. The molecule has 0 fully saturated rings. The molecule has 0 aromatic rings. The monoisotopic (exact) mass is 1150 g/mol. The fourth-order valence-corrected chi connectivity index (χ4v) is 11.0. The maximum absolute atomic E-state index is 13.0. The van der Waals surface area contributed by atoms with Gasteiger partial charge in [-0.1, -0.05) is 345 Å². The van der Waals surface area contributed by atoms with Gasteiger partial charge in [0.05, 0.1) is 0 Å². The third kappa shape index (κ3) is 68.2. The summed E-state index contributed by atoms with van der Waals surface area (Å²) in [6.07, 6.45) is 89.9. The van der Waals surface area contributed by atoms with Crippen LogP contribution in [0.3, 0.4) is 0 Å². The molecule has 0 aliphatic carbocycles. The maximum atomic E-state index is 13.0. The first-order valence-corrected chi connectivity index (χ1v) is 36.6. The van der Waals surface area contributed by atoms with Crippen molar-refractivity contribution in [2.24, 2.45) is 0 Å². The van der Waals surface area contributed by atoms with Crippen molar-refractivity contribution in [2.75, 3.05) is 13.2 Å². The van der Waals surface area contributed by atoms with Gasteiger partial charge in [-0.2, -0.15) is 0 Å². The number of carbonyl (C=O) groups is 3. The van der Waals surface area contributed by atoms with Crippen molar-refractivity contribution in [2.45, 2.75) is 406 Å². The molecule has 6 heteroatoms. The molecule has 1 unspecified atom stereocenters. The van der Waals surface area contributed by atoms with Crippen LogP contribution in [0.5, 0.6) is 0 Å². The topological polar surface area (TPSA) is 78.9 Å². The minimum atomic E-state index is -0.776. The maximum Gasteiger partial charge on any atom is 0.306 e. The van der Waals surface area contributed by atoms with Gasteiger partial charge in [0.2, 0.25) is 0 Å². The number of hydrogen-bond acceptors (Lipinski definition) is 6. The van der Waals surface area contributed by atoms with Crippen LogP contribution in [-0.4, -0.2) is 37.2 Å². The Morgan fingerprint density at radius 1 is 0.244 bits per heavy atom. The van der Waals surface area contributed by atoms with Crippen molar-refractivity contribution in [3.8, 4) is 0 Å². The molecule has 0 aliphatic heterocycles. The highest BCUT2D eigenvalue weighted by atomic mass is 16.6. The van der Waals surface area contributed by atoms with Crippen molar-refractivity contribution in [3.63, 3.8) is 0 Å². The third-order valence-electron chi connectivity index (χ3n) is 16.6. The lowest BCUT2D eigenvalue weighted by Gasteiger charge is -2.18. The molecule has 0 spiro atoms. The van der Waals surface area contributed by atoms with E-state index in [1.165, 1.54) is 289 Å².